The number of aromatic carboxylic acids is 1. The van der Waals surface area contributed by atoms with E-state index in [2.05, 4.69) is 42.5 Å². The number of nitrogens with one attached hydrogen (secondary N) is 2. The van der Waals surface area contributed by atoms with Crippen LogP contribution in [0.15, 0.2) is 21.1 Å². The van der Waals surface area contributed by atoms with E-state index < -0.39 is 5.97 Å². The smallest absolute Gasteiger partial charge is 0.337 e. The lowest BCUT2D eigenvalue weighted by atomic mass is 9.88. The Labute approximate surface area is 133 Å². The van der Waals surface area contributed by atoms with Crippen LogP contribution in [0.3, 0.4) is 0 Å². The van der Waals surface area contributed by atoms with Crippen LogP contribution in [0.5, 0.6) is 0 Å². The lowest BCUT2D eigenvalue weighted by Crippen LogP contribution is -2.48. The van der Waals surface area contributed by atoms with Crippen LogP contribution in [-0.2, 0) is 4.79 Å². The Hall–Kier alpha value is -0.920. The topological polar surface area (TPSA) is 78.4 Å². The minimum Gasteiger partial charge on any atom is -0.478 e. The average Bonchev–Trinajstić information content (AvgIpc) is 2.29. The number of halogens is 2. The third-order valence-corrected chi connectivity index (χ3v) is 4.55. The number of hydrogen-bond acceptors (Lipinski definition) is 3. The van der Waals surface area contributed by atoms with Crippen molar-refractivity contribution in [3.63, 3.8) is 0 Å². The number of hydrogen-bond donors (Lipinski definition) is 3. The Morgan fingerprint density at radius 3 is 2.55 bits per heavy atom. The molecule has 0 aromatic heterocycles. The fraction of sp³-hybridized carbons (Fsp3) is 0.385. The van der Waals surface area contributed by atoms with E-state index in [9.17, 15) is 14.7 Å². The standard InChI is InChI=1S/C13H14Br2N2O3/c1-6(7-4-16-5-7)12(18)17-11-9(13(19)20)2-8(14)3-10(11)15/h2-3,6-7,16H,4-5H2,1H3,(H,17,18)(H,19,20). The van der Waals surface area contributed by atoms with Gasteiger partial charge in [0.05, 0.1) is 11.3 Å². The summed E-state index contributed by atoms with van der Waals surface area (Å²) in [6.45, 7) is 3.50. The van der Waals surface area contributed by atoms with Crippen LogP contribution in [0.4, 0.5) is 5.69 Å². The maximum absolute atomic E-state index is 12.2. The molecular formula is C13H14Br2N2O3. The van der Waals surface area contributed by atoms with Gasteiger partial charge < -0.3 is 15.7 Å². The van der Waals surface area contributed by atoms with E-state index in [0.717, 1.165) is 13.1 Å². The summed E-state index contributed by atoms with van der Waals surface area (Å²) in [4.78, 5) is 23.5. The van der Waals surface area contributed by atoms with Crippen molar-refractivity contribution in [1.82, 2.24) is 5.32 Å². The number of carbonyl (C=O) groups is 2. The van der Waals surface area contributed by atoms with Crippen molar-refractivity contribution in [3.8, 4) is 0 Å². The van der Waals surface area contributed by atoms with Gasteiger partial charge in [0, 0.05) is 14.9 Å². The van der Waals surface area contributed by atoms with Crippen molar-refractivity contribution >= 4 is 49.4 Å². The third-order valence-electron chi connectivity index (χ3n) is 3.47. The Morgan fingerprint density at radius 1 is 1.40 bits per heavy atom. The summed E-state index contributed by atoms with van der Waals surface area (Å²) in [7, 11) is 0. The van der Waals surface area contributed by atoms with Gasteiger partial charge in [-0.2, -0.15) is 0 Å². The molecule has 108 valence electrons. The number of carbonyl (C=O) groups excluding carboxylic acids is 1. The van der Waals surface area contributed by atoms with E-state index in [1.807, 2.05) is 6.92 Å². The van der Waals surface area contributed by atoms with Crippen molar-refractivity contribution in [2.24, 2.45) is 11.8 Å². The second-order valence-electron chi connectivity index (χ2n) is 4.81. The second-order valence-corrected chi connectivity index (χ2v) is 6.58. The number of rotatable bonds is 4. The number of carboxylic acids is 1. The lowest BCUT2D eigenvalue weighted by Gasteiger charge is -2.31. The minimum absolute atomic E-state index is 0.0542. The molecule has 1 aliphatic rings. The fourth-order valence-corrected chi connectivity index (χ4v) is 3.31. The van der Waals surface area contributed by atoms with Gasteiger partial charge in [0.15, 0.2) is 0 Å². The maximum Gasteiger partial charge on any atom is 0.337 e. The zero-order valence-electron chi connectivity index (χ0n) is 10.7. The van der Waals surface area contributed by atoms with Gasteiger partial charge in [-0.15, -0.1) is 0 Å². The van der Waals surface area contributed by atoms with E-state index >= 15 is 0 Å². The zero-order valence-corrected chi connectivity index (χ0v) is 13.9. The van der Waals surface area contributed by atoms with Crippen LogP contribution < -0.4 is 10.6 Å². The van der Waals surface area contributed by atoms with Crippen LogP contribution in [0.2, 0.25) is 0 Å². The fourth-order valence-electron chi connectivity index (χ4n) is 1.98. The number of anilines is 1. The molecule has 1 atom stereocenters. The number of benzene rings is 1. The van der Waals surface area contributed by atoms with E-state index in [0.29, 0.717) is 20.6 Å². The minimum atomic E-state index is -1.08. The van der Waals surface area contributed by atoms with E-state index in [1.165, 1.54) is 6.07 Å². The van der Waals surface area contributed by atoms with Crippen molar-refractivity contribution < 1.29 is 14.7 Å². The quantitative estimate of drug-likeness (QED) is 0.719. The molecule has 1 aromatic rings. The Morgan fingerprint density at radius 2 is 2.05 bits per heavy atom. The molecule has 1 aromatic carbocycles. The zero-order chi connectivity index (χ0) is 14.9. The molecule has 1 heterocycles. The number of amides is 1. The maximum atomic E-state index is 12.2. The van der Waals surface area contributed by atoms with E-state index in [4.69, 9.17) is 0 Å². The third kappa shape index (κ3) is 3.21. The highest BCUT2D eigenvalue weighted by molar-refractivity contribution is 9.11. The van der Waals surface area contributed by atoms with Gasteiger partial charge in [-0.1, -0.05) is 22.9 Å². The van der Waals surface area contributed by atoms with Gasteiger partial charge in [0.25, 0.3) is 0 Å². The first-order valence-electron chi connectivity index (χ1n) is 6.14. The van der Waals surface area contributed by atoms with Crippen LogP contribution in [-0.4, -0.2) is 30.1 Å². The highest BCUT2D eigenvalue weighted by Gasteiger charge is 2.29. The van der Waals surface area contributed by atoms with Gasteiger partial charge in [-0.25, -0.2) is 4.79 Å². The predicted molar refractivity (Wildman–Crippen MR) is 83.0 cm³/mol. The summed E-state index contributed by atoms with van der Waals surface area (Å²) in [5.74, 6) is -1.10. The molecule has 1 amide bonds. The van der Waals surface area contributed by atoms with Gasteiger partial charge in [-0.3, -0.25) is 4.79 Å². The molecule has 0 saturated carbocycles. The molecule has 0 aliphatic carbocycles. The summed E-state index contributed by atoms with van der Waals surface area (Å²) in [5.41, 5.74) is 0.350. The van der Waals surface area contributed by atoms with Gasteiger partial charge >= 0.3 is 5.97 Å². The molecule has 1 unspecified atom stereocenters. The molecule has 1 saturated heterocycles. The first-order valence-corrected chi connectivity index (χ1v) is 7.72. The molecule has 0 bridgehead atoms. The Bertz CT molecular complexity index is 559. The van der Waals surface area contributed by atoms with Crippen molar-refractivity contribution in [2.75, 3.05) is 18.4 Å². The molecule has 5 nitrogen and oxygen atoms in total. The molecule has 0 spiro atoms. The summed E-state index contributed by atoms with van der Waals surface area (Å²) in [5, 5.41) is 15.1. The molecule has 1 aliphatic heterocycles. The first-order chi connectivity index (χ1) is 9.40. The first kappa shape index (κ1) is 15.5. The van der Waals surface area contributed by atoms with Gasteiger partial charge in [0.1, 0.15) is 0 Å². The molecule has 3 N–H and O–H groups in total. The van der Waals surface area contributed by atoms with Gasteiger partial charge in [-0.05, 0) is 47.1 Å². The van der Waals surface area contributed by atoms with Crippen LogP contribution in [0, 0.1) is 11.8 Å². The largest absolute Gasteiger partial charge is 0.478 e. The SMILES string of the molecule is CC(C(=O)Nc1c(Br)cc(Br)cc1C(=O)O)C1CNC1. The normalized spacial score (nSPS) is 16.4. The van der Waals surface area contributed by atoms with Crippen molar-refractivity contribution in [3.05, 3.63) is 26.6 Å². The highest BCUT2D eigenvalue weighted by Crippen LogP contribution is 2.31. The highest BCUT2D eigenvalue weighted by atomic mass is 79.9. The molecule has 7 heteroatoms. The molecule has 2 rings (SSSR count). The summed E-state index contributed by atoms with van der Waals surface area (Å²) in [6, 6.07) is 3.18. The van der Waals surface area contributed by atoms with Crippen molar-refractivity contribution in [2.45, 2.75) is 6.92 Å². The van der Waals surface area contributed by atoms with Gasteiger partial charge in [0.2, 0.25) is 5.91 Å². The van der Waals surface area contributed by atoms with Crippen molar-refractivity contribution in [1.29, 1.82) is 0 Å². The van der Waals surface area contributed by atoms with Crippen LogP contribution in [0.25, 0.3) is 0 Å². The van der Waals surface area contributed by atoms with Crippen LogP contribution in [0.1, 0.15) is 17.3 Å². The number of carboxylic acid groups (broad SMARTS) is 1. The lowest BCUT2D eigenvalue weighted by molar-refractivity contribution is -0.121. The predicted octanol–water partition coefficient (Wildman–Crippen LogP) is 2.70. The monoisotopic (exact) mass is 404 g/mol. The molecular weight excluding hydrogens is 392 g/mol. The van der Waals surface area contributed by atoms with E-state index in [-0.39, 0.29) is 17.4 Å². The molecule has 0 radical (unpaired) electrons. The summed E-state index contributed by atoms with van der Waals surface area (Å²) >= 11 is 6.53. The summed E-state index contributed by atoms with van der Waals surface area (Å²) < 4.78 is 1.17. The average molecular weight is 406 g/mol. The Kier molecular flexibility index (Phi) is 4.82. The molecule has 20 heavy (non-hydrogen) atoms. The van der Waals surface area contributed by atoms with Crippen LogP contribution >= 0.6 is 31.9 Å². The van der Waals surface area contributed by atoms with E-state index in [1.54, 1.807) is 6.07 Å². The Balaban J connectivity index is 2.23. The summed E-state index contributed by atoms with van der Waals surface area (Å²) in [6.07, 6.45) is 0. The second kappa shape index (κ2) is 6.24. The molecule has 1 fully saturated rings.